The van der Waals surface area contributed by atoms with Gasteiger partial charge in [-0.25, -0.2) is 4.39 Å². The van der Waals surface area contributed by atoms with Gasteiger partial charge in [-0.1, -0.05) is 37.3 Å². The van der Waals surface area contributed by atoms with E-state index in [1.165, 1.54) is 25.0 Å². The van der Waals surface area contributed by atoms with Gasteiger partial charge in [0.2, 0.25) is 0 Å². The minimum Gasteiger partial charge on any atom is -0.294 e. The average molecular weight is 241 g/mol. The third kappa shape index (κ3) is 2.62. The fourth-order valence-corrected chi connectivity index (χ4v) is 2.46. The second-order valence-electron chi connectivity index (χ2n) is 4.40. The summed E-state index contributed by atoms with van der Waals surface area (Å²) in [7, 11) is 0. The Labute approximate surface area is 99.6 Å². The largest absolute Gasteiger partial charge is 0.294 e. The monoisotopic (exact) mass is 240 g/mol. The zero-order valence-corrected chi connectivity index (χ0v) is 9.77. The molecule has 1 saturated carbocycles. The van der Waals surface area contributed by atoms with Crippen LogP contribution in [0, 0.1) is 11.7 Å². The van der Waals surface area contributed by atoms with E-state index in [-0.39, 0.29) is 11.3 Å². The molecular weight excluding hydrogens is 227 g/mol. The summed E-state index contributed by atoms with van der Waals surface area (Å²) in [5.74, 6) is -0.154. The molecule has 1 aliphatic carbocycles. The lowest BCUT2D eigenvalue weighted by Gasteiger charge is -2.08. The van der Waals surface area contributed by atoms with Crippen LogP contribution in [0.5, 0.6) is 0 Å². The second-order valence-corrected chi connectivity index (χ2v) is 4.84. The predicted octanol–water partition coefficient (Wildman–Crippen LogP) is 4.24. The zero-order chi connectivity index (χ0) is 11.5. The number of carbonyl (C=O) groups excluding carboxylic acids is 1. The van der Waals surface area contributed by atoms with Crippen molar-refractivity contribution in [3.05, 3.63) is 34.6 Å². The van der Waals surface area contributed by atoms with E-state index in [0.717, 1.165) is 12.8 Å². The molecule has 86 valence electrons. The number of carbonyl (C=O) groups is 1. The Hall–Kier alpha value is -0.890. The van der Waals surface area contributed by atoms with Crippen LogP contribution in [0.25, 0.3) is 0 Å². The molecule has 0 amide bonds. The quantitative estimate of drug-likeness (QED) is 0.722. The van der Waals surface area contributed by atoms with Crippen molar-refractivity contribution in [2.45, 2.75) is 32.1 Å². The van der Waals surface area contributed by atoms with E-state index in [4.69, 9.17) is 11.6 Å². The summed E-state index contributed by atoms with van der Waals surface area (Å²) >= 11 is 5.64. The van der Waals surface area contributed by atoms with Crippen molar-refractivity contribution in [1.29, 1.82) is 0 Å². The summed E-state index contributed by atoms with van der Waals surface area (Å²) in [6.07, 6.45) is 5.06. The maximum Gasteiger partial charge on any atom is 0.166 e. The lowest BCUT2D eigenvalue weighted by atomic mass is 9.97. The molecule has 0 heterocycles. The highest BCUT2D eigenvalue weighted by Gasteiger charge is 2.20. The molecule has 1 fully saturated rings. The topological polar surface area (TPSA) is 17.1 Å². The first kappa shape index (κ1) is 11.6. The molecule has 3 heteroatoms. The van der Waals surface area contributed by atoms with Crippen LogP contribution in [0.4, 0.5) is 4.39 Å². The van der Waals surface area contributed by atoms with Gasteiger partial charge in [-0.15, -0.1) is 0 Å². The average Bonchev–Trinajstić information content (AvgIpc) is 2.70. The van der Waals surface area contributed by atoms with Gasteiger partial charge in [-0.3, -0.25) is 4.79 Å². The summed E-state index contributed by atoms with van der Waals surface area (Å²) in [5.41, 5.74) is 0.177. The molecule has 0 N–H and O–H groups in total. The number of ketones is 1. The van der Waals surface area contributed by atoms with Crippen LogP contribution >= 0.6 is 11.6 Å². The summed E-state index contributed by atoms with van der Waals surface area (Å²) in [6, 6.07) is 4.24. The van der Waals surface area contributed by atoms with E-state index in [0.29, 0.717) is 17.4 Å². The lowest BCUT2D eigenvalue weighted by molar-refractivity contribution is 0.0958. The molecule has 0 aliphatic heterocycles. The molecule has 16 heavy (non-hydrogen) atoms. The first-order chi connectivity index (χ1) is 7.66. The number of Topliss-reactive ketones (excluding diaryl/α,β-unsaturated/α-hetero) is 1. The first-order valence-electron chi connectivity index (χ1n) is 5.65. The van der Waals surface area contributed by atoms with Crippen LogP contribution in [-0.4, -0.2) is 5.78 Å². The van der Waals surface area contributed by atoms with Gasteiger partial charge in [-0.05, 0) is 24.1 Å². The van der Waals surface area contributed by atoms with Crippen molar-refractivity contribution < 1.29 is 9.18 Å². The van der Waals surface area contributed by atoms with Crippen LogP contribution in [0.15, 0.2) is 18.2 Å². The third-order valence-corrected chi connectivity index (χ3v) is 3.42. The molecule has 2 rings (SSSR count). The van der Waals surface area contributed by atoms with E-state index in [9.17, 15) is 9.18 Å². The molecule has 1 aromatic rings. The van der Waals surface area contributed by atoms with Crippen molar-refractivity contribution in [2.75, 3.05) is 0 Å². The number of halogens is 2. The zero-order valence-electron chi connectivity index (χ0n) is 9.01. The molecule has 1 aromatic carbocycles. The maximum atomic E-state index is 13.5. The molecule has 0 saturated heterocycles. The van der Waals surface area contributed by atoms with E-state index in [1.807, 2.05) is 0 Å². The van der Waals surface area contributed by atoms with Gasteiger partial charge in [0.15, 0.2) is 5.78 Å². The second kappa shape index (κ2) is 4.96. The molecule has 0 spiro atoms. The first-order valence-corrected chi connectivity index (χ1v) is 6.03. The van der Waals surface area contributed by atoms with Crippen LogP contribution in [-0.2, 0) is 0 Å². The Bertz CT molecular complexity index is 397. The highest BCUT2D eigenvalue weighted by atomic mass is 35.5. The Morgan fingerprint density at radius 1 is 1.38 bits per heavy atom. The Kier molecular flexibility index (Phi) is 3.59. The van der Waals surface area contributed by atoms with E-state index in [2.05, 4.69) is 0 Å². The minimum absolute atomic E-state index is 0.0962. The Balaban J connectivity index is 2.08. The molecule has 0 unspecified atom stereocenters. The summed E-state index contributed by atoms with van der Waals surface area (Å²) in [5, 5.41) is 0.329. The number of hydrogen-bond acceptors (Lipinski definition) is 1. The highest BCUT2D eigenvalue weighted by molar-refractivity contribution is 6.30. The van der Waals surface area contributed by atoms with Crippen LogP contribution in [0.2, 0.25) is 5.02 Å². The maximum absolute atomic E-state index is 13.5. The summed E-state index contributed by atoms with van der Waals surface area (Å²) in [6.45, 7) is 0. The standard InChI is InChI=1S/C13H14ClFO/c14-10-5-6-11(12(15)8-10)13(16)7-9-3-1-2-4-9/h5-6,8-9H,1-4,7H2. The number of benzene rings is 1. The van der Waals surface area contributed by atoms with Gasteiger partial charge < -0.3 is 0 Å². The minimum atomic E-state index is -0.504. The number of hydrogen-bond donors (Lipinski definition) is 0. The molecule has 0 aromatic heterocycles. The summed E-state index contributed by atoms with van der Waals surface area (Å²) < 4.78 is 13.5. The van der Waals surface area contributed by atoms with Crippen molar-refractivity contribution in [3.63, 3.8) is 0 Å². The highest BCUT2D eigenvalue weighted by Crippen LogP contribution is 2.29. The van der Waals surface area contributed by atoms with Gasteiger partial charge in [0.1, 0.15) is 5.82 Å². The van der Waals surface area contributed by atoms with E-state index < -0.39 is 5.82 Å². The predicted molar refractivity (Wildman–Crippen MR) is 62.3 cm³/mol. The normalized spacial score (nSPS) is 16.6. The fourth-order valence-electron chi connectivity index (χ4n) is 2.30. The van der Waals surface area contributed by atoms with Crippen LogP contribution < -0.4 is 0 Å². The van der Waals surface area contributed by atoms with Crippen molar-refractivity contribution in [3.8, 4) is 0 Å². The van der Waals surface area contributed by atoms with Gasteiger partial charge in [-0.2, -0.15) is 0 Å². The SMILES string of the molecule is O=C(CC1CCCC1)c1ccc(Cl)cc1F. The summed E-state index contributed by atoms with van der Waals surface area (Å²) in [4.78, 5) is 11.8. The molecule has 1 aliphatic rings. The van der Waals surface area contributed by atoms with Crippen molar-refractivity contribution in [1.82, 2.24) is 0 Å². The molecule has 0 atom stereocenters. The van der Waals surface area contributed by atoms with Gasteiger partial charge >= 0.3 is 0 Å². The van der Waals surface area contributed by atoms with Gasteiger partial charge in [0, 0.05) is 11.4 Å². The molecule has 0 radical (unpaired) electrons. The molecule has 0 bridgehead atoms. The number of rotatable bonds is 3. The molecule has 1 nitrogen and oxygen atoms in total. The third-order valence-electron chi connectivity index (χ3n) is 3.18. The lowest BCUT2D eigenvalue weighted by Crippen LogP contribution is -2.07. The van der Waals surface area contributed by atoms with Crippen molar-refractivity contribution in [2.24, 2.45) is 5.92 Å². The Morgan fingerprint density at radius 3 is 2.69 bits per heavy atom. The van der Waals surface area contributed by atoms with E-state index in [1.54, 1.807) is 6.07 Å². The smallest absolute Gasteiger partial charge is 0.166 e. The van der Waals surface area contributed by atoms with Crippen molar-refractivity contribution >= 4 is 17.4 Å². The Morgan fingerprint density at radius 2 is 2.06 bits per heavy atom. The van der Waals surface area contributed by atoms with Gasteiger partial charge in [0.05, 0.1) is 5.56 Å². The van der Waals surface area contributed by atoms with Crippen LogP contribution in [0.1, 0.15) is 42.5 Å². The van der Waals surface area contributed by atoms with Crippen LogP contribution in [0.3, 0.4) is 0 Å². The van der Waals surface area contributed by atoms with Gasteiger partial charge in [0.25, 0.3) is 0 Å². The van der Waals surface area contributed by atoms with E-state index >= 15 is 0 Å². The molecular formula is C13H14ClFO. The fraction of sp³-hybridized carbons (Fsp3) is 0.462.